The zero-order valence-corrected chi connectivity index (χ0v) is 15.7. The number of carbonyl (C=O) groups is 2. The van der Waals surface area contributed by atoms with Crippen molar-refractivity contribution in [2.24, 2.45) is 0 Å². The minimum Gasteiger partial charge on any atom is -0.493 e. The highest BCUT2D eigenvalue weighted by atomic mass is 35.5. The lowest BCUT2D eigenvalue weighted by molar-refractivity contribution is -0.124. The zero-order chi connectivity index (χ0) is 19.1. The summed E-state index contributed by atoms with van der Waals surface area (Å²) in [5.74, 6) is 0.0251. The van der Waals surface area contributed by atoms with Crippen LogP contribution in [0, 0.1) is 0 Å². The number of amides is 1. The van der Waals surface area contributed by atoms with Crippen molar-refractivity contribution in [1.29, 1.82) is 0 Å². The fraction of sp³-hybridized carbons (Fsp3) is 0.222. The fourth-order valence-electron chi connectivity index (χ4n) is 2.13. The molecule has 2 rings (SSSR count). The Kier molecular flexibility index (Phi) is 7.12. The molecule has 0 aliphatic carbocycles. The predicted molar refractivity (Wildman–Crippen MR) is 98.1 cm³/mol. The molecular weight excluding hydrogens is 381 g/mol. The number of hydrogen-bond donors (Lipinski definition) is 1. The first-order valence-corrected chi connectivity index (χ1v) is 8.29. The van der Waals surface area contributed by atoms with E-state index in [9.17, 15) is 9.59 Å². The van der Waals surface area contributed by atoms with Gasteiger partial charge in [0.2, 0.25) is 0 Å². The van der Waals surface area contributed by atoms with E-state index in [1.54, 1.807) is 25.3 Å². The predicted octanol–water partition coefficient (Wildman–Crippen LogP) is 3.48. The number of methoxy groups -OCH3 is 2. The maximum absolute atomic E-state index is 11.9. The minimum absolute atomic E-state index is 0.176. The second-order valence-corrected chi connectivity index (χ2v) is 6.07. The van der Waals surface area contributed by atoms with Crippen LogP contribution in [0.1, 0.15) is 15.9 Å². The second kappa shape index (κ2) is 9.31. The topological polar surface area (TPSA) is 73.9 Å². The van der Waals surface area contributed by atoms with E-state index in [2.05, 4.69) is 5.32 Å². The highest BCUT2D eigenvalue weighted by Gasteiger charge is 2.12. The molecule has 1 N–H and O–H groups in total. The van der Waals surface area contributed by atoms with E-state index >= 15 is 0 Å². The molecule has 0 unspecified atom stereocenters. The maximum Gasteiger partial charge on any atom is 0.338 e. The van der Waals surface area contributed by atoms with Gasteiger partial charge in [-0.3, -0.25) is 4.79 Å². The van der Waals surface area contributed by atoms with Crippen molar-refractivity contribution in [2.45, 2.75) is 6.54 Å². The van der Waals surface area contributed by atoms with Crippen molar-refractivity contribution < 1.29 is 23.8 Å². The van der Waals surface area contributed by atoms with Crippen LogP contribution in [-0.4, -0.2) is 32.7 Å². The molecular formula is C18H17Cl2NO5. The van der Waals surface area contributed by atoms with Crippen molar-refractivity contribution in [3.8, 4) is 11.5 Å². The summed E-state index contributed by atoms with van der Waals surface area (Å²) in [5, 5.41) is 3.27. The van der Waals surface area contributed by atoms with Gasteiger partial charge in [-0.2, -0.15) is 0 Å². The van der Waals surface area contributed by atoms with E-state index in [0.717, 1.165) is 5.56 Å². The minimum atomic E-state index is -0.685. The SMILES string of the molecule is COc1ccc(CNC(=O)COC(=O)c2cc(Cl)cc(Cl)c2)cc1OC. The van der Waals surface area contributed by atoms with Crippen LogP contribution in [-0.2, 0) is 16.1 Å². The van der Waals surface area contributed by atoms with E-state index in [4.69, 9.17) is 37.4 Å². The van der Waals surface area contributed by atoms with Gasteiger partial charge in [-0.15, -0.1) is 0 Å². The van der Waals surface area contributed by atoms with E-state index < -0.39 is 18.5 Å². The van der Waals surface area contributed by atoms with Gasteiger partial charge in [-0.05, 0) is 35.9 Å². The van der Waals surface area contributed by atoms with Crippen LogP contribution < -0.4 is 14.8 Å². The number of ether oxygens (including phenoxy) is 3. The van der Waals surface area contributed by atoms with Gasteiger partial charge >= 0.3 is 5.97 Å². The fourth-order valence-corrected chi connectivity index (χ4v) is 2.65. The van der Waals surface area contributed by atoms with E-state index in [0.29, 0.717) is 21.5 Å². The summed E-state index contributed by atoms with van der Waals surface area (Å²) in [5.41, 5.74) is 0.985. The standard InChI is InChI=1S/C18H17Cl2NO5/c1-24-15-4-3-11(5-16(15)25-2)9-21-17(22)10-26-18(23)12-6-13(19)8-14(20)7-12/h3-8H,9-10H2,1-2H3,(H,21,22). The van der Waals surface area contributed by atoms with Crippen LogP contribution in [0.5, 0.6) is 11.5 Å². The van der Waals surface area contributed by atoms with Gasteiger partial charge in [-0.25, -0.2) is 4.79 Å². The molecule has 8 heteroatoms. The first-order chi connectivity index (χ1) is 12.4. The first-order valence-electron chi connectivity index (χ1n) is 7.53. The third-order valence-corrected chi connectivity index (χ3v) is 3.81. The Bertz CT molecular complexity index is 790. The molecule has 138 valence electrons. The number of halogens is 2. The summed E-state index contributed by atoms with van der Waals surface area (Å²) >= 11 is 11.7. The number of nitrogens with one attached hydrogen (secondary N) is 1. The van der Waals surface area contributed by atoms with E-state index in [1.165, 1.54) is 25.3 Å². The van der Waals surface area contributed by atoms with Crippen molar-refractivity contribution >= 4 is 35.1 Å². The summed E-state index contributed by atoms with van der Waals surface area (Å²) in [6.07, 6.45) is 0. The molecule has 0 saturated carbocycles. The van der Waals surface area contributed by atoms with Crippen LogP contribution in [0.15, 0.2) is 36.4 Å². The third-order valence-electron chi connectivity index (χ3n) is 3.37. The second-order valence-electron chi connectivity index (χ2n) is 5.20. The summed E-state index contributed by atoms with van der Waals surface area (Å²) in [6, 6.07) is 9.61. The molecule has 6 nitrogen and oxygen atoms in total. The summed E-state index contributed by atoms with van der Waals surface area (Å²) < 4.78 is 15.3. The van der Waals surface area contributed by atoms with Gasteiger partial charge in [-0.1, -0.05) is 29.3 Å². The molecule has 1 amide bonds. The molecule has 0 aromatic heterocycles. The maximum atomic E-state index is 11.9. The van der Waals surface area contributed by atoms with Gasteiger partial charge in [0.05, 0.1) is 19.8 Å². The lowest BCUT2D eigenvalue weighted by Gasteiger charge is -2.10. The number of rotatable bonds is 7. The molecule has 0 aliphatic heterocycles. The highest BCUT2D eigenvalue weighted by molar-refractivity contribution is 6.35. The van der Waals surface area contributed by atoms with Crippen LogP contribution in [0.4, 0.5) is 0 Å². The Balaban J connectivity index is 1.86. The van der Waals surface area contributed by atoms with Crippen molar-refractivity contribution in [2.75, 3.05) is 20.8 Å². The average Bonchev–Trinajstić information content (AvgIpc) is 2.63. The Morgan fingerprint density at radius 1 is 0.962 bits per heavy atom. The molecule has 0 saturated heterocycles. The molecule has 0 fully saturated rings. The zero-order valence-electron chi connectivity index (χ0n) is 14.2. The normalized spacial score (nSPS) is 10.2. The average molecular weight is 398 g/mol. The monoisotopic (exact) mass is 397 g/mol. The molecule has 0 bridgehead atoms. The van der Waals surface area contributed by atoms with Gasteiger partial charge in [0.1, 0.15) is 0 Å². The first kappa shape index (κ1) is 19.9. The summed E-state index contributed by atoms with van der Waals surface area (Å²) in [4.78, 5) is 23.8. The van der Waals surface area contributed by atoms with Gasteiger partial charge in [0, 0.05) is 16.6 Å². The Labute approximate surface area is 160 Å². The van der Waals surface area contributed by atoms with Gasteiger partial charge < -0.3 is 19.5 Å². The Morgan fingerprint density at radius 2 is 1.62 bits per heavy atom. The molecule has 26 heavy (non-hydrogen) atoms. The van der Waals surface area contributed by atoms with Crippen LogP contribution in [0.25, 0.3) is 0 Å². The molecule has 0 atom stereocenters. The quantitative estimate of drug-likeness (QED) is 0.723. The van der Waals surface area contributed by atoms with Crippen LogP contribution >= 0.6 is 23.2 Å². The number of hydrogen-bond acceptors (Lipinski definition) is 5. The molecule has 0 heterocycles. The lowest BCUT2D eigenvalue weighted by Crippen LogP contribution is -2.28. The Morgan fingerprint density at radius 3 is 2.23 bits per heavy atom. The lowest BCUT2D eigenvalue weighted by atomic mass is 10.2. The molecule has 0 aliphatic rings. The molecule has 0 radical (unpaired) electrons. The number of esters is 1. The molecule has 2 aromatic rings. The molecule has 2 aromatic carbocycles. The molecule has 0 spiro atoms. The Hall–Kier alpha value is -2.44. The highest BCUT2D eigenvalue weighted by Crippen LogP contribution is 2.27. The summed E-state index contributed by atoms with van der Waals surface area (Å²) in [6.45, 7) is -0.171. The summed E-state index contributed by atoms with van der Waals surface area (Å²) in [7, 11) is 3.07. The van der Waals surface area contributed by atoms with Crippen molar-refractivity contribution in [3.63, 3.8) is 0 Å². The van der Waals surface area contributed by atoms with Gasteiger partial charge in [0.25, 0.3) is 5.91 Å². The van der Waals surface area contributed by atoms with Crippen LogP contribution in [0.2, 0.25) is 10.0 Å². The van der Waals surface area contributed by atoms with Gasteiger partial charge in [0.15, 0.2) is 18.1 Å². The van der Waals surface area contributed by atoms with E-state index in [1.807, 2.05) is 0 Å². The number of carbonyl (C=O) groups excluding carboxylic acids is 2. The number of benzene rings is 2. The largest absolute Gasteiger partial charge is 0.493 e. The van der Waals surface area contributed by atoms with Crippen molar-refractivity contribution in [3.05, 3.63) is 57.6 Å². The van der Waals surface area contributed by atoms with Crippen LogP contribution in [0.3, 0.4) is 0 Å². The third kappa shape index (κ3) is 5.54. The van der Waals surface area contributed by atoms with E-state index in [-0.39, 0.29) is 12.1 Å². The van der Waals surface area contributed by atoms with Crippen molar-refractivity contribution in [1.82, 2.24) is 5.32 Å². The smallest absolute Gasteiger partial charge is 0.338 e.